The second kappa shape index (κ2) is 7.70. The highest BCUT2D eigenvalue weighted by atomic mass is 35.5. The van der Waals surface area contributed by atoms with E-state index >= 15 is 0 Å². The number of aromatic nitrogens is 2. The number of alkyl halides is 3. The van der Waals surface area contributed by atoms with Gasteiger partial charge in [0.1, 0.15) is 5.82 Å². The Morgan fingerprint density at radius 1 is 1.11 bits per heavy atom. The van der Waals surface area contributed by atoms with Gasteiger partial charge in [-0.05, 0) is 61.0 Å². The van der Waals surface area contributed by atoms with E-state index in [4.69, 9.17) is 16.3 Å². The van der Waals surface area contributed by atoms with Crippen LogP contribution in [0.4, 0.5) is 17.6 Å². The quantitative estimate of drug-likeness (QED) is 0.508. The van der Waals surface area contributed by atoms with Gasteiger partial charge in [-0.15, -0.1) is 0 Å². The Morgan fingerprint density at radius 3 is 2.48 bits per heavy atom. The minimum atomic E-state index is -4.47. The fraction of sp³-hybridized carbons (Fsp3) is 0.211. The molecule has 2 aromatic carbocycles. The van der Waals surface area contributed by atoms with Crippen molar-refractivity contribution in [2.75, 3.05) is 0 Å². The summed E-state index contributed by atoms with van der Waals surface area (Å²) in [6.07, 6.45) is -4.86. The number of benzene rings is 2. The first-order valence-corrected chi connectivity index (χ1v) is 8.40. The fourth-order valence-corrected chi connectivity index (χ4v) is 2.63. The molecule has 0 saturated heterocycles. The molecule has 1 heterocycles. The third-order valence-electron chi connectivity index (χ3n) is 3.93. The molecule has 0 fully saturated rings. The second-order valence-corrected chi connectivity index (χ2v) is 6.38. The third kappa shape index (κ3) is 4.67. The van der Waals surface area contributed by atoms with Crippen molar-refractivity contribution in [3.05, 3.63) is 71.1 Å². The molecule has 3 rings (SSSR count). The lowest BCUT2D eigenvalue weighted by atomic mass is 10.1. The highest BCUT2D eigenvalue weighted by Gasteiger charge is 2.36. The maximum atomic E-state index is 14.0. The van der Waals surface area contributed by atoms with E-state index in [-0.39, 0.29) is 6.61 Å². The number of ether oxygens (including phenoxy) is 1. The number of hydrogen-bond acceptors (Lipinski definition) is 2. The summed E-state index contributed by atoms with van der Waals surface area (Å²) in [5, 5.41) is 4.80. The molecule has 0 amide bonds. The van der Waals surface area contributed by atoms with E-state index in [1.807, 2.05) is 0 Å². The zero-order valence-corrected chi connectivity index (χ0v) is 14.9. The standard InChI is InChI=1S/C19H15ClF4N2O/c1-12(19(22,23)24)27-11-13-8-14(10-16(21)9-13)18-6-7-25-26(18)17-4-2-15(20)3-5-17/h2-10,12H,11H2,1H3/t12-/m1/s1. The average molecular weight is 399 g/mol. The first kappa shape index (κ1) is 19.4. The van der Waals surface area contributed by atoms with Crippen LogP contribution in [-0.4, -0.2) is 22.1 Å². The van der Waals surface area contributed by atoms with Crippen molar-refractivity contribution < 1.29 is 22.3 Å². The molecule has 0 bridgehead atoms. The largest absolute Gasteiger partial charge is 0.414 e. The van der Waals surface area contributed by atoms with Gasteiger partial charge >= 0.3 is 6.18 Å². The Morgan fingerprint density at radius 2 is 1.81 bits per heavy atom. The molecule has 1 atom stereocenters. The minimum Gasteiger partial charge on any atom is -0.364 e. The highest BCUT2D eigenvalue weighted by Crippen LogP contribution is 2.27. The predicted molar refractivity (Wildman–Crippen MR) is 94.3 cm³/mol. The van der Waals surface area contributed by atoms with Gasteiger partial charge in [-0.25, -0.2) is 9.07 Å². The van der Waals surface area contributed by atoms with Gasteiger partial charge in [-0.2, -0.15) is 18.3 Å². The number of rotatable bonds is 5. The predicted octanol–water partition coefficient (Wildman–Crippen LogP) is 5.80. The number of halogens is 5. The molecular formula is C19H15ClF4N2O. The minimum absolute atomic E-state index is 0.296. The van der Waals surface area contributed by atoms with E-state index in [9.17, 15) is 17.6 Å². The van der Waals surface area contributed by atoms with E-state index in [1.54, 1.807) is 47.3 Å². The summed E-state index contributed by atoms with van der Waals surface area (Å²) in [4.78, 5) is 0. The van der Waals surface area contributed by atoms with Crippen LogP contribution in [-0.2, 0) is 11.3 Å². The molecule has 142 valence electrons. The Bertz CT molecular complexity index is 922. The lowest BCUT2D eigenvalue weighted by Gasteiger charge is -2.17. The number of hydrogen-bond donors (Lipinski definition) is 0. The van der Waals surface area contributed by atoms with Gasteiger partial charge in [-0.3, -0.25) is 0 Å². The van der Waals surface area contributed by atoms with Crippen LogP contribution in [0.2, 0.25) is 5.02 Å². The number of nitrogens with zero attached hydrogens (tertiary/aromatic N) is 2. The van der Waals surface area contributed by atoms with Gasteiger partial charge in [0.2, 0.25) is 0 Å². The molecule has 0 saturated carbocycles. The van der Waals surface area contributed by atoms with Crippen molar-refractivity contribution in [3.8, 4) is 16.9 Å². The second-order valence-electron chi connectivity index (χ2n) is 5.95. The summed E-state index contributed by atoms with van der Waals surface area (Å²) in [7, 11) is 0. The van der Waals surface area contributed by atoms with Gasteiger partial charge in [0.25, 0.3) is 0 Å². The van der Waals surface area contributed by atoms with Gasteiger partial charge in [0.05, 0.1) is 24.2 Å². The van der Waals surface area contributed by atoms with Crippen LogP contribution in [0.3, 0.4) is 0 Å². The zero-order valence-electron chi connectivity index (χ0n) is 14.2. The lowest BCUT2D eigenvalue weighted by molar-refractivity contribution is -0.217. The maximum absolute atomic E-state index is 14.0. The van der Waals surface area contributed by atoms with E-state index in [0.717, 1.165) is 13.0 Å². The summed E-state index contributed by atoms with van der Waals surface area (Å²) in [5.74, 6) is -0.574. The summed E-state index contributed by atoms with van der Waals surface area (Å²) < 4.78 is 58.2. The van der Waals surface area contributed by atoms with Crippen molar-refractivity contribution in [1.82, 2.24) is 9.78 Å². The molecule has 0 aliphatic heterocycles. The van der Waals surface area contributed by atoms with Gasteiger partial charge in [-0.1, -0.05) is 11.6 Å². The van der Waals surface area contributed by atoms with Gasteiger partial charge in [0, 0.05) is 10.6 Å². The van der Waals surface area contributed by atoms with Crippen molar-refractivity contribution in [2.24, 2.45) is 0 Å². The third-order valence-corrected chi connectivity index (χ3v) is 4.18. The molecule has 0 unspecified atom stereocenters. The lowest BCUT2D eigenvalue weighted by Crippen LogP contribution is -2.28. The van der Waals surface area contributed by atoms with E-state index in [2.05, 4.69) is 5.10 Å². The smallest absolute Gasteiger partial charge is 0.364 e. The van der Waals surface area contributed by atoms with Gasteiger partial charge in [0.15, 0.2) is 6.10 Å². The summed E-state index contributed by atoms with van der Waals surface area (Å²) in [6, 6.07) is 12.6. The van der Waals surface area contributed by atoms with Crippen LogP contribution in [0, 0.1) is 5.82 Å². The molecule has 0 radical (unpaired) electrons. The average Bonchev–Trinajstić information content (AvgIpc) is 3.08. The Balaban J connectivity index is 1.89. The monoisotopic (exact) mass is 398 g/mol. The Kier molecular flexibility index (Phi) is 5.53. The van der Waals surface area contributed by atoms with Crippen molar-refractivity contribution in [1.29, 1.82) is 0 Å². The molecule has 0 spiro atoms. The highest BCUT2D eigenvalue weighted by molar-refractivity contribution is 6.30. The van der Waals surface area contributed by atoms with Crippen LogP contribution in [0.1, 0.15) is 12.5 Å². The van der Waals surface area contributed by atoms with Crippen molar-refractivity contribution in [3.63, 3.8) is 0 Å². The first-order chi connectivity index (χ1) is 12.7. The van der Waals surface area contributed by atoms with Crippen molar-refractivity contribution >= 4 is 11.6 Å². The normalized spacial score (nSPS) is 13.0. The molecule has 0 aliphatic rings. The van der Waals surface area contributed by atoms with E-state index in [1.165, 1.54) is 6.07 Å². The van der Waals surface area contributed by atoms with Crippen LogP contribution in [0.25, 0.3) is 16.9 Å². The maximum Gasteiger partial charge on any atom is 0.414 e. The summed E-state index contributed by atoms with van der Waals surface area (Å²) in [6.45, 7) is 0.552. The van der Waals surface area contributed by atoms with Crippen molar-refractivity contribution in [2.45, 2.75) is 25.8 Å². The molecule has 27 heavy (non-hydrogen) atoms. The van der Waals surface area contributed by atoms with Crippen LogP contribution in [0.5, 0.6) is 0 Å². The molecule has 1 aromatic heterocycles. The SMILES string of the molecule is C[C@@H](OCc1cc(F)cc(-c2ccnn2-c2ccc(Cl)cc2)c1)C(F)(F)F. The topological polar surface area (TPSA) is 27.1 Å². The first-order valence-electron chi connectivity index (χ1n) is 8.02. The molecule has 8 heteroatoms. The summed E-state index contributed by atoms with van der Waals surface area (Å²) >= 11 is 5.89. The molecule has 0 N–H and O–H groups in total. The Hall–Kier alpha value is -2.38. The molecular weight excluding hydrogens is 384 g/mol. The van der Waals surface area contributed by atoms with E-state index < -0.39 is 18.1 Å². The zero-order chi connectivity index (χ0) is 19.6. The van der Waals surface area contributed by atoms with Crippen LogP contribution in [0.15, 0.2) is 54.7 Å². The molecule has 0 aliphatic carbocycles. The van der Waals surface area contributed by atoms with Crippen LogP contribution < -0.4 is 0 Å². The Labute approximate surface area is 158 Å². The summed E-state index contributed by atoms with van der Waals surface area (Å²) in [5.41, 5.74) is 2.07. The van der Waals surface area contributed by atoms with Crippen LogP contribution >= 0.6 is 11.6 Å². The van der Waals surface area contributed by atoms with Gasteiger partial charge < -0.3 is 4.74 Å². The fourth-order valence-electron chi connectivity index (χ4n) is 2.51. The molecule has 3 nitrogen and oxygen atoms in total. The van der Waals surface area contributed by atoms with E-state index in [0.29, 0.717) is 27.5 Å². The molecule has 3 aromatic rings.